The molecule has 0 bridgehead atoms. The van der Waals surface area contributed by atoms with Crippen molar-refractivity contribution < 1.29 is 38.1 Å². The minimum absolute atomic E-state index is 0.188. The Balaban J connectivity index is 1.62. The number of carbonyl (C=O) groups is 4. The molecule has 0 N–H and O–H groups in total. The number of methoxy groups -OCH3 is 1. The molecule has 11 heteroatoms. The van der Waals surface area contributed by atoms with E-state index in [0.29, 0.717) is 42.4 Å². The molecule has 53 heavy (non-hydrogen) atoms. The average molecular weight is 920 g/mol. The zero-order valence-electron chi connectivity index (χ0n) is 30.1. The Labute approximate surface area is 337 Å². The molecule has 0 heterocycles. The predicted molar refractivity (Wildman–Crippen MR) is 215 cm³/mol. The molecule has 4 rings (SSSR count). The normalized spacial score (nSPS) is 18.7. The van der Waals surface area contributed by atoms with Gasteiger partial charge in [0.25, 0.3) is 0 Å². The molecule has 1 saturated carbocycles. The van der Waals surface area contributed by atoms with Crippen LogP contribution in [0.4, 0.5) is 0 Å². The predicted octanol–water partition coefficient (Wildman–Crippen LogP) is 11.2. The van der Waals surface area contributed by atoms with Crippen molar-refractivity contribution >= 4 is 71.7 Å². The number of hydrogen-bond donors (Lipinski definition) is 0. The first-order chi connectivity index (χ1) is 25.6. The number of unbranched alkanes of at least 4 members (excludes halogenated alkanes) is 5. The van der Waals surface area contributed by atoms with Crippen LogP contribution in [0.15, 0.2) is 98.4 Å². The third-order valence-corrected chi connectivity index (χ3v) is 11.0. The van der Waals surface area contributed by atoms with Crippen molar-refractivity contribution in [3.8, 4) is 0 Å². The maximum Gasteiger partial charge on any atom is 0.338 e. The van der Waals surface area contributed by atoms with Crippen molar-refractivity contribution in [1.29, 1.82) is 0 Å². The number of hydrogen-bond acceptors (Lipinski definition) is 8. The Morgan fingerprint density at radius 2 is 1.19 bits per heavy atom. The van der Waals surface area contributed by atoms with Gasteiger partial charge in [0.05, 0.1) is 23.8 Å². The van der Waals surface area contributed by atoms with Gasteiger partial charge in [0.15, 0.2) is 0 Å². The Kier molecular flexibility index (Phi) is 17.8. The SMILES string of the molecule is CCCCCC(C=CC1C(OC(=O)c2ccc(Br)cc2)CC(OC(=O)c2ccc(Br)cc2)C1CCCCCCC(=O)OC)OC(=O)c1ccc(Br)cc1. The molecule has 3 aromatic carbocycles. The summed E-state index contributed by atoms with van der Waals surface area (Å²) in [5.41, 5.74) is 1.29. The summed E-state index contributed by atoms with van der Waals surface area (Å²) in [6.45, 7) is 2.12. The van der Waals surface area contributed by atoms with E-state index in [0.717, 1.165) is 58.4 Å². The second kappa shape index (κ2) is 22.2. The van der Waals surface area contributed by atoms with Crippen LogP contribution in [-0.4, -0.2) is 49.3 Å². The third kappa shape index (κ3) is 13.8. The number of ether oxygens (including phenoxy) is 4. The fraction of sp³-hybridized carbons (Fsp3) is 0.429. The third-order valence-electron chi connectivity index (χ3n) is 9.42. The smallest absolute Gasteiger partial charge is 0.338 e. The van der Waals surface area contributed by atoms with E-state index in [2.05, 4.69) is 54.7 Å². The Hall–Kier alpha value is -3.28. The molecule has 5 unspecified atom stereocenters. The second-order valence-electron chi connectivity index (χ2n) is 13.2. The van der Waals surface area contributed by atoms with Crippen LogP contribution in [0.25, 0.3) is 0 Å². The van der Waals surface area contributed by atoms with Gasteiger partial charge in [0.1, 0.15) is 18.3 Å². The van der Waals surface area contributed by atoms with Gasteiger partial charge >= 0.3 is 23.9 Å². The van der Waals surface area contributed by atoms with Gasteiger partial charge in [-0.15, -0.1) is 0 Å². The Morgan fingerprint density at radius 3 is 1.72 bits per heavy atom. The first-order valence-electron chi connectivity index (χ1n) is 18.2. The van der Waals surface area contributed by atoms with Gasteiger partial charge in [-0.25, -0.2) is 14.4 Å². The summed E-state index contributed by atoms with van der Waals surface area (Å²) in [6.07, 6.45) is 10.4. The molecule has 0 aromatic heterocycles. The van der Waals surface area contributed by atoms with Gasteiger partial charge in [0, 0.05) is 38.1 Å². The van der Waals surface area contributed by atoms with Crippen LogP contribution < -0.4 is 0 Å². The lowest BCUT2D eigenvalue weighted by atomic mass is 9.87. The zero-order valence-corrected chi connectivity index (χ0v) is 34.9. The highest BCUT2D eigenvalue weighted by molar-refractivity contribution is 9.11. The van der Waals surface area contributed by atoms with E-state index in [1.807, 2.05) is 12.2 Å². The first-order valence-corrected chi connectivity index (χ1v) is 20.6. The molecule has 1 fully saturated rings. The van der Waals surface area contributed by atoms with E-state index < -0.39 is 36.2 Å². The molecular formula is C42H47Br3O8. The lowest BCUT2D eigenvalue weighted by Gasteiger charge is -2.25. The summed E-state index contributed by atoms with van der Waals surface area (Å²) in [7, 11) is 1.39. The highest BCUT2D eigenvalue weighted by Gasteiger charge is 2.46. The average Bonchev–Trinajstić information content (AvgIpc) is 3.46. The number of benzene rings is 3. The molecule has 0 saturated heterocycles. The first kappa shape index (κ1) is 42.5. The van der Waals surface area contributed by atoms with Gasteiger partial charge in [-0.3, -0.25) is 4.79 Å². The lowest BCUT2D eigenvalue weighted by Crippen LogP contribution is -2.27. The van der Waals surface area contributed by atoms with E-state index in [1.165, 1.54) is 7.11 Å². The summed E-state index contributed by atoms with van der Waals surface area (Å²) < 4.78 is 25.8. The molecule has 1 aliphatic rings. The summed E-state index contributed by atoms with van der Waals surface area (Å²) >= 11 is 10.3. The maximum absolute atomic E-state index is 13.5. The zero-order chi connectivity index (χ0) is 38.2. The number of rotatable bonds is 19. The standard InChI is InChI=1S/C42H47Br3O8/c1-3-4-7-10-34(51-40(47)28-13-19-31(43)20-14-28)25-26-36-35(11-8-5-6-9-12-39(46)50-2)37(52-41(48)29-15-21-32(44)22-16-29)27-38(36)53-42(49)30-17-23-33(45)24-18-30/h13-26,34-38H,3-12,27H2,1-2H3. The van der Waals surface area contributed by atoms with Gasteiger partial charge in [0.2, 0.25) is 0 Å². The lowest BCUT2D eigenvalue weighted by molar-refractivity contribution is -0.140. The fourth-order valence-electron chi connectivity index (χ4n) is 6.51. The largest absolute Gasteiger partial charge is 0.469 e. The van der Waals surface area contributed by atoms with Crippen molar-refractivity contribution in [2.75, 3.05) is 7.11 Å². The van der Waals surface area contributed by atoms with Gasteiger partial charge in [-0.05, 0) is 105 Å². The van der Waals surface area contributed by atoms with E-state index in [1.54, 1.807) is 72.8 Å². The van der Waals surface area contributed by atoms with E-state index >= 15 is 0 Å². The van der Waals surface area contributed by atoms with Crippen LogP contribution in [0, 0.1) is 11.8 Å². The van der Waals surface area contributed by atoms with Crippen LogP contribution in [0.5, 0.6) is 0 Å². The summed E-state index contributed by atoms with van der Waals surface area (Å²) in [5, 5.41) is 0. The van der Waals surface area contributed by atoms with Crippen molar-refractivity contribution in [2.45, 2.75) is 95.9 Å². The minimum atomic E-state index is -0.604. The molecule has 3 aromatic rings. The number of halogens is 3. The highest BCUT2D eigenvalue weighted by atomic mass is 79.9. The number of esters is 4. The highest BCUT2D eigenvalue weighted by Crippen LogP contribution is 2.42. The van der Waals surface area contributed by atoms with Crippen molar-refractivity contribution in [3.63, 3.8) is 0 Å². The van der Waals surface area contributed by atoms with Crippen LogP contribution in [0.2, 0.25) is 0 Å². The van der Waals surface area contributed by atoms with E-state index in [9.17, 15) is 19.2 Å². The Bertz CT molecular complexity index is 1660. The summed E-state index contributed by atoms with van der Waals surface area (Å²) in [4.78, 5) is 51.9. The van der Waals surface area contributed by atoms with Crippen LogP contribution in [0.3, 0.4) is 0 Å². The molecule has 1 aliphatic carbocycles. The molecule has 0 aliphatic heterocycles. The molecule has 0 radical (unpaired) electrons. The molecule has 284 valence electrons. The van der Waals surface area contributed by atoms with Gasteiger partial charge < -0.3 is 18.9 Å². The minimum Gasteiger partial charge on any atom is -0.469 e. The van der Waals surface area contributed by atoms with Gasteiger partial charge in [-0.1, -0.05) is 92.9 Å². The molecule has 8 nitrogen and oxygen atoms in total. The van der Waals surface area contributed by atoms with Crippen molar-refractivity contribution in [2.24, 2.45) is 11.8 Å². The van der Waals surface area contributed by atoms with E-state index in [-0.39, 0.29) is 17.8 Å². The maximum atomic E-state index is 13.5. The van der Waals surface area contributed by atoms with Gasteiger partial charge in [-0.2, -0.15) is 0 Å². The van der Waals surface area contributed by atoms with Crippen LogP contribution >= 0.6 is 47.8 Å². The van der Waals surface area contributed by atoms with Crippen molar-refractivity contribution in [1.82, 2.24) is 0 Å². The quantitative estimate of drug-likeness (QED) is 0.0507. The molecule has 0 spiro atoms. The topological polar surface area (TPSA) is 105 Å². The summed E-state index contributed by atoms with van der Waals surface area (Å²) in [6, 6.07) is 21.0. The number of carbonyl (C=O) groups excluding carboxylic acids is 4. The molecule has 0 amide bonds. The second-order valence-corrected chi connectivity index (χ2v) is 16.0. The van der Waals surface area contributed by atoms with Crippen molar-refractivity contribution in [3.05, 3.63) is 115 Å². The van der Waals surface area contributed by atoms with Crippen LogP contribution in [-0.2, 0) is 23.7 Å². The fourth-order valence-corrected chi connectivity index (χ4v) is 7.31. The monoisotopic (exact) mass is 916 g/mol. The van der Waals surface area contributed by atoms with Crippen LogP contribution in [0.1, 0.15) is 109 Å². The summed E-state index contributed by atoms with van der Waals surface area (Å²) in [5.74, 6) is -2.08. The molecular weight excluding hydrogens is 872 g/mol. The Morgan fingerprint density at radius 1 is 0.679 bits per heavy atom. The van der Waals surface area contributed by atoms with E-state index in [4.69, 9.17) is 18.9 Å². The molecule has 5 atom stereocenters.